The van der Waals surface area contributed by atoms with E-state index in [0.29, 0.717) is 0 Å². The van der Waals surface area contributed by atoms with Crippen LogP contribution < -0.4 is 10.8 Å². The molecule has 0 aliphatic heterocycles. The number of fused-ring (bicyclic) bond motifs is 1. The summed E-state index contributed by atoms with van der Waals surface area (Å²) in [6, 6.07) is 4.28. The molecule has 23 heavy (non-hydrogen) atoms. The number of rotatable bonds is 3. The van der Waals surface area contributed by atoms with Gasteiger partial charge in [-0.05, 0) is 42.5 Å². The van der Waals surface area contributed by atoms with Gasteiger partial charge < -0.3 is 5.32 Å². The molecule has 1 aliphatic rings. The molecule has 0 unspecified atom stereocenters. The maximum atomic E-state index is 12.9. The summed E-state index contributed by atoms with van der Waals surface area (Å²) in [6.07, 6.45) is 3.80. The first-order chi connectivity index (χ1) is 11.0. The number of anilines is 1. The Labute approximate surface area is 132 Å². The van der Waals surface area contributed by atoms with E-state index in [9.17, 15) is 9.18 Å². The summed E-state index contributed by atoms with van der Waals surface area (Å²) < 4.78 is 14.3. The largest absolute Gasteiger partial charge is 0.306 e. The maximum absolute atomic E-state index is 12.9. The molecule has 2 heterocycles. The van der Waals surface area contributed by atoms with Gasteiger partial charge in [0.1, 0.15) is 17.1 Å². The van der Waals surface area contributed by atoms with Crippen molar-refractivity contribution in [2.24, 2.45) is 0 Å². The van der Waals surface area contributed by atoms with E-state index in [1.165, 1.54) is 16.7 Å². The molecule has 2 aromatic rings. The van der Waals surface area contributed by atoms with Crippen LogP contribution in [0.4, 0.5) is 10.2 Å². The number of carbonyl (C=O) groups excluding carboxylic acids is 1. The fourth-order valence-corrected chi connectivity index (χ4v) is 2.86. The molecular weight excluding hydrogens is 297 g/mol. The van der Waals surface area contributed by atoms with Gasteiger partial charge in [-0.2, -0.15) is 0 Å². The van der Waals surface area contributed by atoms with Crippen molar-refractivity contribution in [3.05, 3.63) is 52.5 Å². The standard InChI is InChI=1S/C16H16FN5O/c1-9-2-4-13-11(9)6-12(15(19)22(13)8-18)16(23)21-14-5-3-10(17)7-20-14/h3,5-9,18-19H,2,4H2,1H3,(H,20,21,23)/t9-/m1/s1. The second-order valence-electron chi connectivity index (χ2n) is 5.56. The van der Waals surface area contributed by atoms with Gasteiger partial charge in [-0.3, -0.25) is 20.2 Å². The van der Waals surface area contributed by atoms with Crippen molar-refractivity contribution in [1.82, 2.24) is 9.55 Å². The molecule has 7 heteroatoms. The minimum atomic E-state index is -0.494. The number of aromatic nitrogens is 2. The number of nitrogens with one attached hydrogen (secondary N) is 3. The van der Waals surface area contributed by atoms with Crippen molar-refractivity contribution in [3.8, 4) is 0 Å². The van der Waals surface area contributed by atoms with Gasteiger partial charge in [-0.25, -0.2) is 9.37 Å². The number of carbonyl (C=O) groups is 1. The fourth-order valence-electron chi connectivity index (χ4n) is 2.86. The SMILES string of the molecule is C[C@@H]1CCc2c1cc(C(=O)Nc1ccc(F)cn1)c(=N)n2C=N. The maximum Gasteiger partial charge on any atom is 0.260 e. The smallest absolute Gasteiger partial charge is 0.260 e. The average molecular weight is 313 g/mol. The van der Waals surface area contributed by atoms with E-state index in [4.69, 9.17) is 10.8 Å². The lowest BCUT2D eigenvalue weighted by molar-refractivity contribution is 0.102. The zero-order valence-corrected chi connectivity index (χ0v) is 12.6. The van der Waals surface area contributed by atoms with E-state index in [1.54, 1.807) is 6.07 Å². The van der Waals surface area contributed by atoms with Crippen LogP contribution in [-0.4, -0.2) is 21.8 Å². The molecule has 0 aromatic carbocycles. The molecule has 1 amide bonds. The van der Waals surface area contributed by atoms with Crippen molar-refractivity contribution in [2.45, 2.75) is 25.7 Å². The normalized spacial score (nSPS) is 16.0. The number of nitrogens with zero attached hydrogens (tertiary/aromatic N) is 2. The van der Waals surface area contributed by atoms with E-state index in [0.717, 1.165) is 36.6 Å². The lowest BCUT2D eigenvalue weighted by Crippen LogP contribution is -2.31. The van der Waals surface area contributed by atoms with Gasteiger partial charge in [0.25, 0.3) is 5.91 Å². The van der Waals surface area contributed by atoms with Crippen molar-refractivity contribution >= 4 is 18.1 Å². The average Bonchev–Trinajstić information content (AvgIpc) is 2.90. The second-order valence-corrected chi connectivity index (χ2v) is 5.56. The van der Waals surface area contributed by atoms with Gasteiger partial charge in [0.15, 0.2) is 0 Å². The lowest BCUT2D eigenvalue weighted by atomic mass is 10.0. The Morgan fingerprint density at radius 3 is 2.96 bits per heavy atom. The lowest BCUT2D eigenvalue weighted by Gasteiger charge is -2.13. The van der Waals surface area contributed by atoms with E-state index >= 15 is 0 Å². The van der Waals surface area contributed by atoms with E-state index in [-0.39, 0.29) is 22.8 Å². The third-order valence-electron chi connectivity index (χ3n) is 4.11. The highest BCUT2D eigenvalue weighted by molar-refractivity contribution is 6.03. The molecule has 0 saturated heterocycles. The van der Waals surface area contributed by atoms with Crippen molar-refractivity contribution in [3.63, 3.8) is 0 Å². The first-order valence-electron chi connectivity index (χ1n) is 7.27. The summed E-state index contributed by atoms with van der Waals surface area (Å²) in [4.78, 5) is 16.2. The minimum absolute atomic E-state index is 0.0348. The molecule has 0 radical (unpaired) electrons. The first-order valence-corrected chi connectivity index (χ1v) is 7.27. The Morgan fingerprint density at radius 1 is 1.52 bits per heavy atom. The zero-order valence-electron chi connectivity index (χ0n) is 12.6. The Hall–Kier alpha value is -2.83. The minimum Gasteiger partial charge on any atom is -0.306 e. The molecule has 6 nitrogen and oxygen atoms in total. The summed E-state index contributed by atoms with van der Waals surface area (Å²) in [7, 11) is 0. The Balaban J connectivity index is 2.01. The van der Waals surface area contributed by atoms with Crippen LogP contribution in [0.5, 0.6) is 0 Å². The number of pyridine rings is 2. The molecular formula is C16H16FN5O. The van der Waals surface area contributed by atoms with Crippen LogP contribution in [0.25, 0.3) is 0 Å². The van der Waals surface area contributed by atoms with Crippen molar-refractivity contribution < 1.29 is 9.18 Å². The van der Waals surface area contributed by atoms with Crippen LogP contribution in [0.15, 0.2) is 24.4 Å². The van der Waals surface area contributed by atoms with Crippen LogP contribution in [0.2, 0.25) is 0 Å². The van der Waals surface area contributed by atoms with Crippen molar-refractivity contribution in [1.29, 1.82) is 10.8 Å². The van der Waals surface area contributed by atoms with E-state index < -0.39 is 11.7 Å². The Morgan fingerprint density at radius 2 is 2.30 bits per heavy atom. The molecule has 0 fully saturated rings. The molecule has 0 saturated carbocycles. The molecule has 3 rings (SSSR count). The number of amides is 1. The predicted molar refractivity (Wildman–Crippen MR) is 83.4 cm³/mol. The molecule has 2 aromatic heterocycles. The van der Waals surface area contributed by atoms with Crippen LogP contribution in [0.1, 0.15) is 40.9 Å². The summed E-state index contributed by atoms with van der Waals surface area (Å²) in [5, 5.41) is 18.3. The monoisotopic (exact) mass is 313 g/mol. The van der Waals surface area contributed by atoms with E-state index in [2.05, 4.69) is 17.2 Å². The predicted octanol–water partition coefficient (Wildman–Crippen LogP) is 2.26. The second kappa shape index (κ2) is 5.75. The molecule has 1 atom stereocenters. The number of hydrogen-bond donors (Lipinski definition) is 3. The molecule has 0 bridgehead atoms. The van der Waals surface area contributed by atoms with Crippen LogP contribution in [0, 0.1) is 16.6 Å². The third kappa shape index (κ3) is 2.65. The fraction of sp³-hybridized carbons (Fsp3) is 0.250. The zero-order chi connectivity index (χ0) is 16.6. The third-order valence-corrected chi connectivity index (χ3v) is 4.11. The van der Waals surface area contributed by atoms with Gasteiger partial charge in [-0.1, -0.05) is 6.92 Å². The molecule has 1 aliphatic carbocycles. The van der Waals surface area contributed by atoms with Gasteiger partial charge in [0, 0.05) is 5.69 Å². The van der Waals surface area contributed by atoms with Crippen LogP contribution in [-0.2, 0) is 6.42 Å². The molecule has 118 valence electrons. The van der Waals surface area contributed by atoms with Gasteiger partial charge in [0.2, 0.25) is 0 Å². The summed E-state index contributed by atoms with van der Waals surface area (Å²) in [5.41, 5.74) is 2.04. The number of halogens is 1. The topological polar surface area (TPSA) is 94.6 Å². The quantitative estimate of drug-likeness (QED) is 0.599. The Bertz CT molecular complexity index is 841. The van der Waals surface area contributed by atoms with Gasteiger partial charge >= 0.3 is 0 Å². The van der Waals surface area contributed by atoms with Gasteiger partial charge in [-0.15, -0.1) is 0 Å². The highest BCUT2D eigenvalue weighted by atomic mass is 19.1. The highest BCUT2D eigenvalue weighted by Gasteiger charge is 2.24. The summed E-state index contributed by atoms with van der Waals surface area (Å²) in [5.74, 6) is -0.484. The molecule has 3 N–H and O–H groups in total. The highest BCUT2D eigenvalue weighted by Crippen LogP contribution is 2.31. The number of hydrogen-bond acceptors (Lipinski definition) is 4. The summed E-state index contributed by atoms with van der Waals surface area (Å²) >= 11 is 0. The first kappa shape index (κ1) is 15.1. The molecule has 0 spiro atoms. The van der Waals surface area contributed by atoms with Crippen LogP contribution in [0.3, 0.4) is 0 Å². The van der Waals surface area contributed by atoms with Crippen LogP contribution >= 0.6 is 0 Å². The Kier molecular flexibility index (Phi) is 3.77. The van der Waals surface area contributed by atoms with E-state index in [1.807, 2.05) is 0 Å². The van der Waals surface area contributed by atoms with Crippen molar-refractivity contribution in [2.75, 3.05) is 5.32 Å². The van der Waals surface area contributed by atoms with Gasteiger partial charge in [0.05, 0.1) is 18.1 Å². The summed E-state index contributed by atoms with van der Waals surface area (Å²) in [6.45, 7) is 2.06.